The van der Waals surface area contributed by atoms with Gasteiger partial charge in [-0.15, -0.1) is 0 Å². The fourth-order valence-corrected chi connectivity index (χ4v) is 2.40. The Bertz CT molecular complexity index is 685. The van der Waals surface area contributed by atoms with Gasteiger partial charge in [0.25, 0.3) is 5.78 Å². The maximum absolute atomic E-state index is 12.2. The van der Waals surface area contributed by atoms with Gasteiger partial charge in [-0.2, -0.15) is 0 Å². The topological polar surface area (TPSA) is 59.2 Å². The van der Waals surface area contributed by atoms with E-state index < -0.39 is 11.8 Å². The maximum atomic E-state index is 12.2. The Balaban J connectivity index is 2.22. The molecule has 1 heterocycles. The first-order valence-electron chi connectivity index (χ1n) is 7.59. The number of aromatic nitrogens is 1. The predicted molar refractivity (Wildman–Crippen MR) is 87.0 cm³/mol. The van der Waals surface area contributed by atoms with Crippen molar-refractivity contribution in [2.75, 3.05) is 6.61 Å². The maximum Gasteiger partial charge on any atom is 0.380 e. The van der Waals surface area contributed by atoms with Crippen LogP contribution >= 0.6 is 0 Å². The highest BCUT2D eigenvalue weighted by Gasteiger charge is 2.21. The second-order valence-corrected chi connectivity index (χ2v) is 5.26. The molecule has 0 aliphatic rings. The quantitative estimate of drug-likeness (QED) is 0.265. The van der Waals surface area contributed by atoms with E-state index in [-0.39, 0.29) is 6.61 Å². The summed E-state index contributed by atoms with van der Waals surface area (Å²) in [5, 5.41) is 0.773. The fourth-order valence-electron chi connectivity index (χ4n) is 2.40. The molecule has 0 radical (unpaired) electrons. The fraction of sp³-hybridized carbons (Fsp3) is 0.333. The summed E-state index contributed by atoms with van der Waals surface area (Å²) >= 11 is 0. The number of ketones is 1. The Kier molecular flexibility index (Phi) is 5.53. The molecular weight excluding hydrogens is 278 g/mol. The van der Waals surface area contributed by atoms with E-state index in [4.69, 9.17) is 4.74 Å². The van der Waals surface area contributed by atoms with Crippen molar-refractivity contribution in [1.82, 2.24) is 4.98 Å². The van der Waals surface area contributed by atoms with Crippen LogP contribution in [0.5, 0.6) is 0 Å². The molecule has 0 saturated heterocycles. The lowest BCUT2D eigenvalue weighted by Gasteiger charge is -2.03. The van der Waals surface area contributed by atoms with Gasteiger partial charge in [0.05, 0.1) is 5.56 Å². The highest BCUT2D eigenvalue weighted by atomic mass is 16.5. The number of carbonyl (C=O) groups excluding carboxylic acids is 2. The van der Waals surface area contributed by atoms with Crippen LogP contribution in [0.15, 0.2) is 37.1 Å². The third-order valence-corrected chi connectivity index (χ3v) is 3.58. The van der Waals surface area contributed by atoms with Crippen LogP contribution in [0, 0.1) is 0 Å². The van der Waals surface area contributed by atoms with Crippen molar-refractivity contribution >= 4 is 22.7 Å². The minimum absolute atomic E-state index is 0.0369. The van der Waals surface area contributed by atoms with E-state index in [1.54, 1.807) is 6.20 Å². The summed E-state index contributed by atoms with van der Waals surface area (Å²) in [5.74, 6) is -1.48. The van der Waals surface area contributed by atoms with Gasteiger partial charge in [0.15, 0.2) is 0 Å². The molecule has 0 aliphatic carbocycles. The Morgan fingerprint density at radius 2 is 2.14 bits per heavy atom. The van der Waals surface area contributed by atoms with Crippen LogP contribution in [0.3, 0.4) is 0 Å². The number of benzene rings is 1. The van der Waals surface area contributed by atoms with Crippen molar-refractivity contribution in [3.05, 3.63) is 48.2 Å². The van der Waals surface area contributed by atoms with Gasteiger partial charge in [0.1, 0.15) is 6.61 Å². The van der Waals surface area contributed by atoms with E-state index in [0.717, 1.165) is 23.7 Å². The number of aromatic amines is 1. The van der Waals surface area contributed by atoms with E-state index in [1.807, 2.05) is 12.1 Å². The number of unbranched alkanes of at least 4 members (excludes halogenated alkanes) is 2. The number of fused-ring (bicyclic) bond motifs is 1. The van der Waals surface area contributed by atoms with E-state index >= 15 is 0 Å². The molecule has 116 valence electrons. The highest BCUT2D eigenvalue weighted by Crippen LogP contribution is 2.22. The van der Waals surface area contributed by atoms with Gasteiger partial charge in [-0.25, -0.2) is 4.79 Å². The molecule has 0 amide bonds. The monoisotopic (exact) mass is 299 g/mol. The minimum atomic E-state index is -0.850. The van der Waals surface area contributed by atoms with Gasteiger partial charge < -0.3 is 9.72 Å². The van der Waals surface area contributed by atoms with Crippen LogP contribution < -0.4 is 0 Å². The van der Waals surface area contributed by atoms with Crippen molar-refractivity contribution in [3.8, 4) is 0 Å². The molecule has 0 bridgehead atoms. The lowest BCUT2D eigenvalue weighted by molar-refractivity contribution is -0.136. The highest BCUT2D eigenvalue weighted by molar-refractivity contribution is 6.43. The summed E-state index contributed by atoms with van der Waals surface area (Å²) in [6, 6.07) is 5.98. The SMILES string of the molecule is C=CCOC(=O)C(=O)c1c[nH]c2ccc(CCCCC)cc12. The number of ether oxygens (including phenoxy) is 1. The minimum Gasteiger partial charge on any atom is -0.455 e. The smallest absolute Gasteiger partial charge is 0.380 e. The van der Waals surface area contributed by atoms with E-state index in [9.17, 15) is 9.59 Å². The van der Waals surface area contributed by atoms with Gasteiger partial charge in [-0.05, 0) is 30.5 Å². The molecule has 0 atom stereocenters. The zero-order valence-corrected chi connectivity index (χ0v) is 12.9. The van der Waals surface area contributed by atoms with Gasteiger partial charge in [0.2, 0.25) is 0 Å². The number of Topliss-reactive ketones (excluding diaryl/α,β-unsaturated/α-hetero) is 1. The molecule has 0 unspecified atom stereocenters. The number of rotatable bonds is 8. The molecule has 1 N–H and O–H groups in total. The summed E-state index contributed by atoms with van der Waals surface area (Å²) < 4.78 is 4.81. The van der Waals surface area contributed by atoms with Gasteiger partial charge in [0, 0.05) is 17.1 Å². The summed E-state index contributed by atoms with van der Waals surface area (Å²) in [4.78, 5) is 26.9. The predicted octanol–water partition coefficient (Wildman–Crippen LogP) is 3.81. The van der Waals surface area contributed by atoms with Crippen molar-refractivity contribution in [2.24, 2.45) is 0 Å². The van der Waals surface area contributed by atoms with Crippen LogP contribution in [0.2, 0.25) is 0 Å². The lowest BCUT2D eigenvalue weighted by Crippen LogP contribution is -2.17. The summed E-state index contributed by atoms with van der Waals surface area (Å²) in [6.45, 7) is 5.66. The first-order chi connectivity index (χ1) is 10.7. The second kappa shape index (κ2) is 7.59. The molecule has 1 aromatic carbocycles. The molecule has 2 aromatic rings. The van der Waals surface area contributed by atoms with Gasteiger partial charge in [-0.3, -0.25) is 4.79 Å². The molecule has 22 heavy (non-hydrogen) atoms. The summed E-state index contributed by atoms with van der Waals surface area (Å²) in [7, 11) is 0. The number of hydrogen-bond donors (Lipinski definition) is 1. The molecule has 2 rings (SSSR count). The largest absolute Gasteiger partial charge is 0.455 e. The lowest BCUT2D eigenvalue weighted by atomic mass is 10.0. The average molecular weight is 299 g/mol. The van der Waals surface area contributed by atoms with Crippen molar-refractivity contribution in [1.29, 1.82) is 0 Å². The standard InChI is InChI=1S/C18H21NO3/c1-3-5-6-7-13-8-9-16-14(11-13)15(12-19-16)17(20)18(21)22-10-4-2/h4,8-9,11-12,19H,2-3,5-7,10H2,1H3. The number of H-pyrrole nitrogens is 1. The summed E-state index contributed by atoms with van der Waals surface area (Å²) in [6.07, 6.45) is 7.46. The Morgan fingerprint density at radius 1 is 1.32 bits per heavy atom. The first-order valence-corrected chi connectivity index (χ1v) is 7.59. The third-order valence-electron chi connectivity index (χ3n) is 3.58. The van der Waals surface area contributed by atoms with E-state index in [0.29, 0.717) is 5.56 Å². The van der Waals surface area contributed by atoms with Crippen LogP contribution in [0.1, 0.15) is 42.1 Å². The number of hydrogen-bond acceptors (Lipinski definition) is 3. The first kappa shape index (κ1) is 16.0. The van der Waals surface area contributed by atoms with Crippen LogP contribution in [0.4, 0.5) is 0 Å². The molecular formula is C18H21NO3. The molecule has 0 fully saturated rings. The zero-order valence-electron chi connectivity index (χ0n) is 12.9. The molecule has 1 aromatic heterocycles. The molecule has 4 nitrogen and oxygen atoms in total. The number of nitrogens with one attached hydrogen (secondary N) is 1. The zero-order chi connectivity index (χ0) is 15.9. The van der Waals surface area contributed by atoms with E-state index in [2.05, 4.69) is 24.6 Å². The third kappa shape index (κ3) is 3.64. The molecule has 0 aliphatic heterocycles. The van der Waals surface area contributed by atoms with Crippen molar-refractivity contribution in [3.63, 3.8) is 0 Å². The molecule has 0 saturated carbocycles. The molecule has 4 heteroatoms. The average Bonchev–Trinajstić information content (AvgIpc) is 2.95. The van der Waals surface area contributed by atoms with Crippen LogP contribution in [0.25, 0.3) is 10.9 Å². The normalized spacial score (nSPS) is 10.6. The second-order valence-electron chi connectivity index (χ2n) is 5.26. The number of carbonyl (C=O) groups is 2. The number of aryl methyl sites for hydroxylation is 1. The Labute approximate surface area is 130 Å². The molecule has 0 spiro atoms. The van der Waals surface area contributed by atoms with Gasteiger partial charge in [-0.1, -0.05) is 38.5 Å². The number of esters is 1. The van der Waals surface area contributed by atoms with E-state index in [1.165, 1.54) is 24.5 Å². The van der Waals surface area contributed by atoms with Gasteiger partial charge >= 0.3 is 5.97 Å². The van der Waals surface area contributed by atoms with Crippen molar-refractivity contribution < 1.29 is 14.3 Å². The van der Waals surface area contributed by atoms with Crippen LogP contribution in [-0.4, -0.2) is 23.3 Å². The van der Waals surface area contributed by atoms with Crippen molar-refractivity contribution in [2.45, 2.75) is 32.6 Å². The Morgan fingerprint density at radius 3 is 2.86 bits per heavy atom. The summed E-state index contributed by atoms with van der Waals surface area (Å²) in [5.41, 5.74) is 2.38. The Hall–Kier alpha value is -2.36. The van der Waals surface area contributed by atoms with Crippen LogP contribution in [-0.2, 0) is 16.0 Å².